The number of nitrogens with zero attached hydrogens (tertiary/aromatic N) is 2. The molecule has 11 rings (SSSR count). The number of para-hydroxylation sites is 2. The zero-order valence-electron chi connectivity index (χ0n) is 33.0. The molecule has 0 saturated carbocycles. The van der Waals surface area contributed by atoms with Gasteiger partial charge < -0.3 is 9.47 Å². The van der Waals surface area contributed by atoms with Crippen molar-refractivity contribution in [2.45, 2.75) is 0 Å². The van der Waals surface area contributed by atoms with Crippen molar-refractivity contribution >= 4 is 49.6 Å². The Labute approximate surface area is 350 Å². The SMILES string of the molecule is c1ccc(-c2ccc(-c3ccccc3)c(N(c3ccc(-c4ccc5ccccc5c4)cc3-c3ccccc3)c3cccc4c3c3ccccc3n4-c3ccccc3)c2)cc1. The lowest BCUT2D eigenvalue weighted by Gasteiger charge is -2.31. The summed E-state index contributed by atoms with van der Waals surface area (Å²) in [4.78, 5) is 2.53. The van der Waals surface area contributed by atoms with Gasteiger partial charge in [-0.15, -0.1) is 0 Å². The number of fused-ring (bicyclic) bond motifs is 4. The summed E-state index contributed by atoms with van der Waals surface area (Å²) in [7, 11) is 0. The minimum absolute atomic E-state index is 1.09. The maximum absolute atomic E-state index is 2.53. The van der Waals surface area contributed by atoms with Gasteiger partial charge in [0.2, 0.25) is 0 Å². The Morgan fingerprint density at radius 3 is 1.58 bits per heavy atom. The third kappa shape index (κ3) is 6.23. The summed E-state index contributed by atoms with van der Waals surface area (Å²) in [6, 6.07) is 88.1. The molecule has 0 aliphatic heterocycles. The molecule has 0 fully saturated rings. The monoisotopic (exact) mass is 764 g/mol. The van der Waals surface area contributed by atoms with Gasteiger partial charge in [0.15, 0.2) is 0 Å². The number of hydrogen-bond acceptors (Lipinski definition) is 1. The van der Waals surface area contributed by atoms with E-state index in [0.717, 1.165) is 56.1 Å². The Morgan fingerprint density at radius 2 is 0.833 bits per heavy atom. The largest absolute Gasteiger partial charge is 0.309 e. The molecule has 10 aromatic carbocycles. The van der Waals surface area contributed by atoms with Crippen molar-refractivity contribution in [2.75, 3.05) is 4.90 Å². The number of anilines is 3. The van der Waals surface area contributed by atoms with E-state index >= 15 is 0 Å². The molecule has 2 nitrogen and oxygen atoms in total. The Kier molecular flexibility index (Phi) is 8.87. The summed E-state index contributed by atoms with van der Waals surface area (Å²) in [6.07, 6.45) is 0. The molecule has 282 valence electrons. The highest BCUT2D eigenvalue weighted by Crippen LogP contribution is 2.50. The molecule has 0 N–H and O–H groups in total. The average molecular weight is 765 g/mol. The molecule has 11 aromatic rings. The Hall–Kier alpha value is -7.94. The molecule has 0 amide bonds. The highest BCUT2D eigenvalue weighted by atomic mass is 15.2. The molecule has 0 bridgehead atoms. The van der Waals surface area contributed by atoms with Crippen molar-refractivity contribution < 1.29 is 0 Å². The molecule has 0 aliphatic rings. The first-order valence-electron chi connectivity index (χ1n) is 20.6. The fourth-order valence-electron chi connectivity index (χ4n) is 8.95. The van der Waals surface area contributed by atoms with Gasteiger partial charge in [0, 0.05) is 27.6 Å². The van der Waals surface area contributed by atoms with Crippen LogP contribution in [-0.4, -0.2) is 4.57 Å². The van der Waals surface area contributed by atoms with E-state index in [2.05, 4.69) is 252 Å². The molecule has 0 aliphatic carbocycles. The number of benzene rings is 10. The van der Waals surface area contributed by atoms with E-state index in [1.54, 1.807) is 0 Å². The van der Waals surface area contributed by atoms with Crippen LogP contribution in [0.5, 0.6) is 0 Å². The summed E-state index contributed by atoms with van der Waals surface area (Å²) in [6.45, 7) is 0. The van der Waals surface area contributed by atoms with Crippen LogP contribution < -0.4 is 4.90 Å². The zero-order valence-corrected chi connectivity index (χ0v) is 33.0. The van der Waals surface area contributed by atoms with Gasteiger partial charge in [0.25, 0.3) is 0 Å². The van der Waals surface area contributed by atoms with Crippen LogP contribution in [-0.2, 0) is 0 Å². The first-order valence-corrected chi connectivity index (χ1v) is 20.6. The molecule has 1 aromatic heterocycles. The van der Waals surface area contributed by atoms with E-state index in [4.69, 9.17) is 0 Å². The molecule has 2 heteroatoms. The van der Waals surface area contributed by atoms with Gasteiger partial charge in [-0.05, 0) is 98.8 Å². The van der Waals surface area contributed by atoms with Gasteiger partial charge in [-0.25, -0.2) is 0 Å². The summed E-state index contributed by atoms with van der Waals surface area (Å²) in [5.74, 6) is 0. The smallest absolute Gasteiger partial charge is 0.0562 e. The first-order chi connectivity index (χ1) is 29.8. The number of aromatic nitrogens is 1. The zero-order chi connectivity index (χ0) is 39.8. The lowest BCUT2D eigenvalue weighted by atomic mass is 9.93. The fraction of sp³-hybridized carbons (Fsp3) is 0. The second kappa shape index (κ2) is 15.1. The molecule has 0 unspecified atom stereocenters. The minimum atomic E-state index is 1.09. The van der Waals surface area contributed by atoms with Crippen LogP contribution >= 0.6 is 0 Å². The predicted molar refractivity (Wildman–Crippen MR) is 255 cm³/mol. The van der Waals surface area contributed by atoms with Crippen molar-refractivity contribution in [3.63, 3.8) is 0 Å². The van der Waals surface area contributed by atoms with Crippen molar-refractivity contribution in [3.05, 3.63) is 243 Å². The minimum Gasteiger partial charge on any atom is -0.309 e. The van der Waals surface area contributed by atoms with E-state index in [9.17, 15) is 0 Å². The highest BCUT2D eigenvalue weighted by molar-refractivity contribution is 6.17. The summed E-state index contributed by atoms with van der Waals surface area (Å²) in [5.41, 5.74) is 16.0. The topological polar surface area (TPSA) is 8.17 Å². The van der Waals surface area contributed by atoms with Crippen LogP contribution in [0, 0.1) is 0 Å². The third-order valence-electron chi connectivity index (χ3n) is 11.8. The van der Waals surface area contributed by atoms with Crippen molar-refractivity contribution in [3.8, 4) is 50.2 Å². The highest BCUT2D eigenvalue weighted by Gasteiger charge is 2.26. The van der Waals surface area contributed by atoms with Gasteiger partial charge in [0.1, 0.15) is 0 Å². The third-order valence-corrected chi connectivity index (χ3v) is 11.8. The van der Waals surface area contributed by atoms with E-state index in [1.807, 2.05) is 0 Å². The summed E-state index contributed by atoms with van der Waals surface area (Å²) >= 11 is 0. The molecule has 1 heterocycles. The van der Waals surface area contributed by atoms with Crippen LogP contribution in [0.25, 0.3) is 82.8 Å². The maximum Gasteiger partial charge on any atom is 0.0562 e. The van der Waals surface area contributed by atoms with Crippen LogP contribution in [0.4, 0.5) is 17.1 Å². The Morgan fingerprint density at radius 1 is 0.283 bits per heavy atom. The first kappa shape index (κ1) is 35.2. The molecule has 0 saturated heterocycles. The van der Waals surface area contributed by atoms with Gasteiger partial charge >= 0.3 is 0 Å². The molecule has 0 spiro atoms. The molecule has 60 heavy (non-hydrogen) atoms. The second-order valence-corrected chi connectivity index (χ2v) is 15.3. The summed E-state index contributed by atoms with van der Waals surface area (Å²) < 4.78 is 2.41. The van der Waals surface area contributed by atoms with E-state index < -0.39 is 0 Å². The van der Waals surface area contributed by atoms with Crippen molar-refractivity contribution in [1.29, 1.82) is 0 Å². The lowest BCUT2D eigenvalue weighted by molar-refractivity contribution is 1.18. The predicted octanol–water partition coefficient (Wildman–Crippen LogP) is 16.1. The standard InChI is InChI=1S/C58H40N2/c1-5-18-41(19-6-1)48-34-36-50(43-21-7-2-8-22-43)57(40-48)60(56-31-17-30-55-58(56)51-28-15-16-29-53(51)59(55)49-26-11-4-12-27-49)54-37-35-47(39-52(54)44-23-9-3-10-24-44)46-33-32-42-20-13-14-25-45(42)38-46/h1-40H. The van der Waals surface area contributed by atoms with Crippen LogP contribution in [0.15, 0.2) is 243 Å². The average Bonchev–Trinajstić information content (AvgIpc) is 3.68. The quantitative estimate of drug-likeness (QED) is 0.150. The normalized spacial score (nSPS) is 11.3. The second-order valence-electron chi connectivity index (χ2n) is 15.3. The molecular weight excluding hydrogens is 725 g/mol. The summed E-state index contributed by atoms with van der Waals surface area (Å²) in [5, 5.41) is 4.86. The Balaban J connectivity index is 1.26. The van der Waals surface area contributed by atoms with E-state index in [0.29, 0.717) is 0 Å². The number of rotatable bonds is 8. The fourth-order valence-corrected chi connectivity index (χ4v) is 8.95. The van der Waals surface area contributed by atoms with Gasteiger partial charge in [-0.2, -0.15) is 0 Å². The molecule has 0 radical (unpaired) electrons. The van der Waals surface area contributed by atoms with Crippen molar-refractivity contribution in [1.82, 2.24) is 4.57 Å². The lowest BCUT2D eigenvalue weighted by Crippen LogP contribution is -2.13. The van der Waals surface area contributed by atoms with Crippen LogP contribution in [0.2, 0.25) is 0 Å². The molecule has 0 atom stereocenters. The van der Waals surface area contributed by atoms with E-state index in [-0.39, 0.29) is 0 Å². The van der Waals surface area contributed by atoms with Crippen LogP contribution in [0.3, 0.4) is 0 Å². The van der Waals surface area contributed by atoms with E-state index in [1.165, 1.54) is 43.8 Å². The van der Waals surface area contributed by atoms with Gasteiger partial charge in [0.05, 0.1) is 28.1 Å². The molecular formula is C58H40N2. The van der Waals surface area contributed by atoms with Gasteiger partial charge in [-0.3, -0.25) is 0 Å². The maximum atomic E-state index is 2.53. The van der Waals surface area contributed by atoms with Gasteiger partial charge in [-0.1, -0.05) is 188 Å². The Bertz CT molecular complexity index is 3300. The number of hydrogen-bond donors (Lipinski definition) is 0. The van der Waals surface area contributed by atoms with Crippen molar-refractivity contribution in [2.24, 2.45) is 0 Å². The van der Waals surface area contributed by atoms with Crippen LogP contribution in [0.1, 0.15) is 0 Å².